The van der Waals surface area contributed by atoms with Crippen LogP contribution in [-0.2, 0) is 12.8 Å². The van der Waals surface area contributed by atoms with Gasteiger partial charge in [0.1, 0.15) is 17.3 Å². The van der Waals surface area contributed by atoms with Crippen molar-refractivity contribution in [3.63, 3.8) is 0 Å². The van der Waals surface area contributed by atoms with Crippen molar-refractivity contribution in [2.24, 2.45) is 0 Å². The lowest BCUT2D eigenvalue weighted by atomic mass is 9.98. The Hall–Kier alpha value is -3.27. The van der Waals surface area contributed by atoms with Crippen LogP contribution in [0.3, 0.4) is 0 Å². The molecule has 8 heteroatoms. The predicted molar refractivity (Wildman–Crippen MR) is 205 cm³/mol. The Kier molecular flexibility index (Phi) is 13.8. The normalized spacial score (nSPS) is 12.9. The molecule has 6 nitrogen and oxygen atoms in total. The molecule has 0 saturated heterocycles. The first kappa shape index (κ1) is 36.6. The summed E-state index contributed by atoms with van der Waals surface area (Å²) in [7, 11) is 2.11. The number of hydrogen-bond acceptors (Lipinski definition) is 5. The summed E-state index contributed by atoms with van der Waals surface area (Å²) in [5, 5.41) is 0.750. The average molecular weight is 767 g/mol. The smallest absolute Gasteiger partial charge is 0.119 e. The van der Waals surface area contributed by atoms with Crippen molar-refractivity contribution in [3.05, 3.63) is 119 Å². The van der Waals surface area contributed by atoms with Crippen molar-refractivity contribution in [1.29, 1.82) is 0 Å². The van der Waals surface area contributed by atoms with Crippen molar-refractivity contribution >= 4 is 34.2 Å². The molecule has 0 radical (unpaired) electrons. The quantitative estimate of drug-likeness (QED) is 0.0698. The number of imidazole rings is 1. The lowest BCUT2D eigenvalue weighted by Crippen LogP contribution is -2.18. The minimum absolute atomic E-state index is 0. The Balaban J connectivity index is 0.00000500. The number of rotatable bonds is 16. The highest BCUT2D eigenvalue weighted by atomic mass is 127. The van der Waals surface area contributed by atoms with Gasteiger partial charge in [0.2, 0.25) is 0 Å². The highest BCUT2D eigenvalue weighted by molar-refractivity contribution is 14.1. The van der Waals surface area contributed by atoms with Gasteiger partial charge in [-0.3, -0.25) is 0 Å². The topological polar surface area (TPSA) is 74.5 Å². The molecule has 0 aliphatic carbocycles. The summed E-state index contributed by atoms with van der Waals surface area (Å²) < 4.78 is 14.8. The molecule has 4 aromatic rings. The number of allylic oxidation sites excluding steroid dienone is 2. The van der Waals surface area contributed by atoms with Crippen LogP contribution in [0.4, 0.5) is 0 Å². The summed E-state index contributed by atoms with van der Waals surface area (Å²) in [6, 6.07) is 24.6. The molecule has 1 aromatic heterocycles. The van der Waals surface area contributed by atoms with Crippen LogP contribution in [0.2, 0.25) is 5.02 Å². The molecule has 0 bridgehead atoms. The van der Waals surface area contributed by atoms with E-state index in [1.165, 1.54) is 30.4 Å². The van der Waals surface area contributed by atoms with Crippen LogP contribution in [0.1, 0.15) is 57.3 Å². The standard InChI is InChI=1S/C39H45ClIN3O2.H3N/c1-4-39(41,5-2)24-7-26-45-36-20-16-34(17-21-36)44-29-37(42-38(44)22-11-31-8-6-25-43(3)28-31)32-12-18-35(19-13-32)46-27-23-30-9-14-33(40)15-10-30;/h6,8-10,12-21,25,29H,4-5,7,11,22-24,26-28H2,1-3H3;1H3. The van der Waals surface area contributed by atoms with Crippen LogP contribution in [0.25, 0.3) is 16.9 Å². The zero-order chi connectivity index (χ0) is 32.4. The van der Waals surface area contributed by atoms with E-state index in [1.807, 2.05) is 36.4 Å². The number of nitrogens with zero attached hydrogens (tertiary/aromatic N) is 3. The largest absolute Gasteiger partial charge is 0.494 e. The molecule has 0 atom stereocenters. The van der Waals surface area contributed by atoms with Crippen molar-refractivity contribution in [2.75, 3.05) is 26.8 Å². The number of aryl methyl sites for hydroxylation is 1. The Labute approximate surface area is 299 Å². The molecule has 1 aliphatic rings. The molecular weight excluding hydrogens is 719 g/mol. The number of aromatic nitrogens is 2. The molecule has 0 amide bonds. The minimum Gasteiger partial charge on any atom is -0.494 e. The molecule has 5 rings (SSSR count). The lowest BCUT2D eigenvalue weighted by molar-refractivity contribution is 0.297. The SMILES string of the molecule is CCC(I)(CC)CCCOc1ccc(-n2cc(-c3ccc(OCCc4ccc(Cl)cc4)cc3)nc2CCC2=CC=CN(C)C2)cc1.N. The van der Waals surface area contributed by atoms with E-state index in [4.69, 9.17) is 26.1 Å². The fraction of sp³-hybridized carbons (Fsp3) is 0.359. The van der Waals surface area contributed by atoms with Gasteiger partial charge in [0.15, 0.2) is 0 Å². The van der Waals surface area contributed by atoms with Gasteiger partial charge in [0, 0.05) is 52.3 Å². The van der Waals surface area contributed by atoms with Crippen LogP contribution >= 0.6 is 34.2 Å². The van der Waals surface area contributed by atoms with Gasteiger partial charge < -0.3 is 25.1 Å². The van der Waals surface area contributed by atoms with Gasteiger partial charge in [-0.05, 0) is 111 Å². The molecule has 3 N–H and O–H groups in total. The number of likely N-dealkylation sites (N-methyl/N-ethyl adjacent to an activating group) is 1. The Bertz CT molecular complexity index is 1590. The molecule has 0 unspecified atom stereocenters. The number of hydrogen-bond donors (Lipinski definition) is 1. The van der Waals surface area contributed by atoms with Crippen molar-refractivity contribution in [1.82, 2.24) is 20.6 Å². The number of alkyl halides is 1. The molecule has 2 heterocycles. The fourth-order valence-electron chi connectivity index (χ4n) is 5.69. The molecule has 3 aromatic carbocycles. The van der Waals surface area contributed by atoms with E-state index < -0.39 is 0 Å². The molecule has 0 fully saturated rings. The summed E-state index contributed by atoms with van der Waals surface area (Å²) in [6.45, 7) is 6.86. The summed E-state index contributed by atoms with van der Waals surface area (Å²) in [5.74, 6) is 2.80. The van der Waals surface area contributed by atoms with Gasteiger partial charge in [0.25, 0.3) is 0 Å². The van der Waals surface area contributed by atoms with Crippen LogP contribution < -0.4 is 15.6 Å². The molecule has 0 saturated carbocycles. The van der Waals surface area contributed by atoms with E-state index in [0.29, 0.717) is 10.0 Å². The summed E-state index contributed by atoms with van der Waals surface area (Å²) in [4.78, 5) is 7.36. The van der Waals surface area contributed by atoms with Crippen LogP contribution in [-0.4, -0.2) is 44.7 Å². The Morgan fingerprint density at radius 2 is 1.51 bits per heavy atom. The summed E-state index contributed by atoms with van der Waals surface area (Å²) in [6.07, 6.45) is 15.9. The first-order valence-electron chi connectivity index (χ1n) is 16.4. The molecule has 0 spiro atoms. The Morgan fingerprint density at radius 3 is 2.17 bits per heavy atom. The summed E-state index contributed by atoms with van der Waals surface area (Å²) in [5.41, 5.74) is 5.71. The Morgan fingerprint density at radius 1 is 0.851 bits per heavy atom. The second kappa shape index (κ2) is 17.8. The van der Waals surface area contributed by atoms with Gasteiger partial charge in [-0.15, -0.1) is 0 Å². The minimum atomic E-state index is 0. The first-order valence-corrected chi connectivity index (χ1v) is 17.8. The van der Waals surface area contributed by atoms with Gasteiger partial charge in [-0.25, -0.2) is 4.98 Å². The second-order valence-electron chi connectivity index (χ2n) is 12.0. The molecule has 47 heavy (non-hydrogen) atoms. The zero-order valence-electron chi connectivity index (χ0n) is 27.9. The van der Waals surface area contributed by atoms with Crippen molar-refractivity contribution < 1.29 is 9.47 Å². The van der Waals surface area contributed by atoms with Gasteiger partial charge in [-0.1, -0.05) is 71.8 Å². The van der Waals surface area contributed by atoms with E-state index >= 15 is 0 Å². The number of halogens is 2. The first-order chi connectivity index (χ1) is 22.3. The second-order valence-corrected chi connectivity index (χ2v) is 14.8. The maximum Gasteiger partial charge on any atom is 0.119 e. The van der Waals surface area contributed by atoms with Gasteiger partial charge in [-0.2, -0.15) is 0 Å². The predicted octanol–water partition coefficient (Wildman–Crippen LogP) is 10.4. The third-order valence-electron chi connectivity index (χ3n) is 8.72. The van der Waals surface area contributed by atoms with E-state index in [0.717, 1.165) is 78.1 Å². The summed E-state index contributed by atoms with van der Waals surface area (Å²) >= 11 is 8.63. The zero-order valence-corrected chi connectivity index (χ0v) is 30.8. The lowest BCUT2D eigenvalue weighted by Gasteiger charge is -2.24. The third-order valence-corrected chi connectivity index (χ3v) is 11.0. The fourth-order valence-corrected chi connectivity index (χ4v) is 6.20. The molecule has 1 aliphatic heterocycles. The van der Waals surface area contributed by atoms with Crippen LogP contribution in [0.15, 0.2) is 103 Å². The molecule has 250 valence electrons. The van der Waals surface area contributed by atoms with E-state index in [2.05, 4.69) is 114 Å². The van der Waals surface area contributed by atoms with E-state index in [1.54, 1.807) is 0 Å². The molecular formula is C39H48ClIN4O2. The maximum absolute atomic E-state index is 6.13. The van der Waals surface area contributed by atoms with Gasteiger partial charge >= 0.3 is 0 Å². The third kappa shape index (κ3) is 10.6. The number of ether oxygens (including phenoxy) is 2. The van der Waals surface area contributed by atoms with E-state index in [-0.39, 0.29) is 6.15 Å². The van der Waals surface area contributed by atoms with Crippen molar-refractivity contribution in [3.8, 4) is 28.4 Å². The number of benzene rings is 3. The highest BCUT2D eigenvalue weighted by Crippen LogP contribution is 2.32. The maximum atomic E-state index is 6.13. The van der Waals surface area contributed by atoms with Gasteiger partial charge in [0.05, 0.1) is 18.9 Å². The van der Waals surface area contributed by atoms with E-state index in [9.17, 15) is 0 Å². The van der Waals surface area contributed by atoms with Crippen molar-refractivity contribution in [2.45, 2.75) is 62.2 Å². The monoisotopic (exact) mass is 766 g/mol. The van der Waals surface area contributed by atoms with Crippen LogP contribution in [0.5, 0.6) is 11.5 Å². The average Bonchev–Trinajstić information content (AvgIpc) is 3.51. The van der Waals surface area contributed by atoms with Crippen LogP contribution in [0, 0.1) is 0 Å². The highest BCUT2D eigenvalue weighted by Gasteiger charge is 2.21.